The van der Waals surface area contributed by atoms with Gasteiger partial charge in [-0.1, -0.05) is 48.0 Å². The predicted molar refractivity (Wildman–Crippen MR) is 128 cm³/mol. The molecule has 0 fully saturated rings. The van der Waals surface area contributed by atoms with Crippen molar-refractivity contribution in [3.8, 4) is 11.3 Å². The Bertz CT molecular complexity index is 1170. The summed E-state index contributed by atoms with van der Waals surface area (Å²) in [5.41, 5.74) is 3.74. The Morgan fingerprint density at radius 2 is 1.91 bits per heavy atom. The van der Waals surface area contributed by atoms with Crippen molar-refractivity contribution < 1.29 is 14.3 Å². The summed E-state index contributed by atoms with van der Waals surface area (Å²) in [7, 11) is 1.63. The Balaban J connectivity index is 1.77. The van der Waals surface area contributed by atoms with Crippen molar-refractivity contribution in [2.75, 3.05) is 25.2 Å². The smallest absolute Gasteiger partial charge is 0.277 e. The first kappa shape index (κ1) is 22.7. The molecule has 0 unspecified atom stereocenters. The van der Waals surface area contributed by atoms with Crippen LogP contribution in [0.4, 0.5) is 5.69 Å². The van der Waals surface area contributed by atoms with Gasteiger partial charge in [0.1, 0.15) is 11.2 Å². The number of aromatic nitrogens is 2. The maximum atomic E-state index is 13.9. The predicted octanol–water partition coefficient (Wildman–Crippen LogP) is 3.74. The number of carbonyl (C=O) groups excluding carboxylic acids is 2. The lowest BCUT2D eigenvalue weighted by atomic mass is 9.92. The minimum absolute atomic E-state index is 0.214. The van der Waals surface area contributed by atoms with E-state index in [9.17, 15) is 9.59 Å². The lowest BCUT2D eigenvalue weighted by Crippen LogP contribution is -2.64. The number of anilines is 1. The molecule has 0 spiro atoms. The topological polar surface area (TPSA) is 76.5 Å². The van der Waals surface area contributed by atoms with E-state index in [1.165, 1.54) is 0 Å². The number of ether oxygens (including phenoxy) is 1. The minimum Gasteiger partial charge on any atom is -0.385 e. The van der Waals surface area contributed by atoms with Crippen molar-refractivity contribution in [3.63, 3.8) is 0 Å². The molecule has 1 N–H and O–H groups in total. The van der Waals surface area contributed by atoms with Crippen molar-refractivity contribution in [2.24, 2.45) is 0 Å². The third-order valence-corrected chi connectivity index (χ3v) is 6.12. The summed E-state index contributed by atoms with van der Waals surface area (Å²) < 4.78 is 6.76. The minimum atomic E-state index is -1.14. The quantitative estimate of drug-likeness (QED) is 0.561. The highest BCUT2D eigenvalue weighted by Gasteiger charge is 2.49. The zero-order valence-corrected chi connectivity index (χ0v) is 19.6. The fourth-order valence-corrected chi connectivity index (χ4v) is 4.37. The maximum absolute atomic E-state index is 13.9. The van der Waals surface area contributed by atoms with Crippen LogP contribution in [0.1, 0.15) is 35.0 Å². The Kier molecular flexibility index (Phi) is 6.33. The van der Waals surface area contributed by atoms with Gasteiger partial charge < -0.3 is 10.1 Å². The van der Waals surface area contributed by atoms with Crippen LogP contribution in [0.5, 0.6) is 0 Å². The van der Waals surface area contributed by atoms with Gasteiger partial charge in [-0.2, -0.15) is 5.10 Å². The van der Waals surface area contributed by atoms with E-state index in [0.717, 1.165) is 22.4 Å². The number of fused-ring (bicyclic) bond motifs is 1. The van der Waals surface area contributed by atoms with Crippen LogP contribution in [-0.2, 0) is 16.1 Å². The van der Waals surface area contributed by atoms with E-state index in [0.29, 0.717) is 31.0 Å². The third-order valence-electron chi connectivity index (χ3n) is 6.12. The molecule has 172 valence electrons. The van der Waals surface area contributed by atoms with Gasteiger partial charge in [-0.25, -0.2) is 0 Å². The molecular weight excluding hydrogens is 416 g/mol. The van der Waals surface area contributed by atoms with Crippen LogP contribution < -0.4 is 10.2 Å². The molecule has 1 aliphatic heterocycles. The monoisotopic (exact) mass is 446 g/mol. The lowest BCUT2D eigenvalue weighted by Gasteiger charge is -2.43. The summed E-state index contributed by atoms with van der Waals surface area (Å²) in [6.07, 6.45) is 0.695. The Labute approximate surface area is 194 Å². The molecular formula is C26H30N4O3. The number of aryl methyl sites for hydroxylation is 2. The van der Waals surface area contributed by atoms with Crippen molar-refractivity contribution in [2.45, 2.75) is 39.3 Å². The van der Waals surface area contributed by atoms with Gasteiger partial charge >= 0.3 is 0 Å². The first-order chi connectivity index (χ1) is 15.8. The second-order valence-electron chi connectivity index (χ2n) is 8.75. The summed E-state index contributed by atoms with van der Waals surface area (Å²) in [4.78, 5) is 29.0. The highest BCUT2D eigenvalue weighted by Crippen LogP contribution is 2.36. The van der Waals surface area contributed by atoms with E-state index in [1.807, 2.05) is 75.4 Å². The molecule has 2 heterocycles. The molecule has 0 radical (unpaired) electrons. The first-order valence-corrected chi connectivity index (χ1v) is 11.2. The Morgan fingerprint density at radius 1 is 1.15 bits per heavy atom. The summed E-state index contributed by atoms with van der Waals surface area (Å²) >= 11 is 0. The Morgan fingerprint density at radius 3 is 2.61 bits per heavy atom. The highest BCUT2D eigenvalue weighted by atomic mass is 16.5. The first-order valence-electron chi connectivity index (χ1n) is 11.2. The van der Waals surface area contributed by atoms with Crippen LogP contribution in [-0.4, -0.2) is 47.4 Å². The molecule has 0 saturated carbocycles. The number of benzene rings is 2. The molecule has 2 amide bonds. The number of rotatable bonds is 7. The lowest BCUT2D eigenvalue weighted by molar-refractivity contribution is -0.126. The number of methoxy groups -OCH3 is 1. The van der Waals surface area contributed by atoms with Crippen LogP contribution in [0, 0.1) is 13.8 Å². The molecule has 33 heavy (non-hydrogen) atoms. The average molecular weight is 447 g/mol. The van der Waals surface area contributed by atoms with E-state index in [1.54, 1.807) is 16.7 Å². The van der Waals surface area contributed by atoms with Gasteiger partial charge in [-0.05, 0) is 44.9 Å². The van der Waals surface area contributed by atoms with E-state index in [4.69, 9.17) is 9.84 Å². The largest absolute Gasteiger partial charge is 0.385 e. The fourth-order valence-electron chi connectivity index (χ4n) is 4.37. The van der Waals surface area contributed by atoms with Gasteiger partial charge in [0.05, 0.1) is 12.2 Å². The van der Waals surface area contributed by atoms with Gasteiger partial charge in [0.25, 0.3) is 5.91 Å². The van der Waals surface area contributed by atoms with Crippen LogP contribution in [0.15, 0.2) is 54.6 Å². The molecule has 1 aliphatic rings. The van der Waals surface area contributed by atoms with Crippen molar-refractivity contribution in [1.82, 2.24) is 15.1 Å². The molecule has 7 heteroatoms. The number of carbonyl (C=O) groups is 2. The molecule has 0 saturated heterocycles. The number of hydrogen-bond acceptors (Lipinski definition) is 4. The molecule has 1 aromatic heterocycles. The molecule has 0 bridgehead atoms. The van der Waals surface area contributed by atoms with E-state index in [-0.39, 0.29) is 18.4 Å². The third kappa shape index (κ3) is 4.28. The van der Waals surface area contributed by atoms with Crippen LogP contribution in [0.2, 0.25) is 0 Å². The number of nitrogens with one attached hydrogen (secondary N) is 1. The van der Waals surface area contributed by atoms with Crippen LogP contribution >= 0.6 is 0 Å². The van der Waals surface area contributed by atoms with Gasteiger partial charge in [0.2, 0.25) is 5.91 Å². The second kappa shape index (κ2) is 9.19. The standard InChI is InChI=1S/C26H30N4O3/c1-18-11-12-22(19(2)15-18)30-24(31)23-16-21(20-9-6-5-7-10-20)28-29(23)17-26(30,3)25(32)27-13-8-14-33-4/h5-7,9-12,15-16H,8,13-14,17H2,1-4H3,(H,27,32)/t26-/m0/s1. The molecule has 4 rings (SSSR count). The zero-order valence-electron chi connectivity index (χ0n) is 19.6. The van der Waals surface area contributed by atoms with E-state index < -0.39 is 5.54 Å². The summed E-state index contributed by atoms with van der Waals surface area (Å²) in [6, 6.07) is 17.5. The number of amides is 2. The maximum Gasteiger partial charge on any atom is 0.277 e. The molecule has 3 aromatic rings. The molecule has 1 atom stereocenters. The van der Waals surface area contributed by atoms with Crippen molar-refractivity contribution >= 4 is 17.5 Å². The summed E-state index contributed by atoms with van der Waals surface area (Å²) in [5, 5.41) is 7.69. The number of nitrogens with zero attached hydrogens (tertiary/aromatic N) is 3. The van der Waals surface area contributed by atoms with Gasteiger partial charge in [-0.3, -0.25) is 19.2 Å². The van der Waals surface area contributed by atoms with Crippen LogP contribution in [0.25, 0.3) is 11.3 Å². The van der Waals surface area contributed by atoms with Gasteiger partial charge in [0.15, 0.2) is 0 Å². The second-order valence-corrected chi connectivity index (χ2v) is 8.75. The fraction of sp³-hybridized carbons (Fsp3) is 0.346. The molecule has 2 aromatic carbocycles. The van der Waals surface area contributed by atoms with Crippen molar-refractivity contribution in [3.05, 3.63) is 71.4 Å². The van der Waals surface area contributed by atoms with Crippen molar-refractivity contribution in [1.29, 1.82) is 0 Å². The highest BCUT2D eigenvalue weighted by molar-refractivity contribution is 6.12. The summed E-state index contributed by atoms with van der Waals surface area (Å²) in [6.45, 7) is 7.07. The Hall–Kier alpha value is -3.45. The van der Waals surface area contributed by atoms with Gasteiger partial charge in [-0.15, -0.1) is 0 Å². The number of hydrogen-bond donors (Lipinski definition) is 1. The van der Waals surface area contributed by atoms with Crippen LogP contribution in [0.3, 0.4) is 0 Å². The SMILES string of the molecule is COCCCNC(=O)[C@]1(C)Cn2nc(-c3ccccc3)cc2C(=O)N1c1ccc(C)cc1C. The normalized spacial score (nSPS) is 17.7. The summed E-state index contributed by atoms with van der Waals surface area (Å²) in [5.74, 6) is -0.452. The molecule has 0 aliphatic carbocycles. The average Bonchev–Trinajstić information content (AvgIpc) is 3.22. The van der Waals surface area contributed by atoms with E-state index >= 15 is 0 Å². The zero-order chi connectivity index (χ0) is 23.6. The van der Waals surface area contributed by atoms with E-state index in [2.05, 4.69) is 5.32 Å². The molecule has 7 nitrogen and oxygen atoms in total. The van der Waals surface area contributed by atoms with Gasteiger partial charge in [0, 0.05) is 31.5 Å².